The van der Waals surface area contributed by atoms with Crippen molar-refractivity contribution in [3.8, 4) is 0 Å². The smallest absolute Gasteiger partial charge is 0.228 e. The summed E-state index contributed by atoms with van der Waals surface area (Å²) in [5, 5.41) is 4.47. The van der Waals surface area contributed by atoms with Crippen molar-refractivity contribution >= 4 is 63.9 Å². The molecule has 0 unspecified atom stereocenters. The summed E-state index contributed by atoms with van der Waals surface area (Å²) in [6, 6.07) is 7.01. The maximum atomic E-state index is 13.5. The Morgan fingerprint density at radius 1 is 1.20 bits per heavy atom. The highest BCUT2D eigenvalue weighted by atomic mass is 35.5. The van der Waals surface area contributed by atoms with Crippen molar-refractivity contribution in [2.24, 2.45) is 4.40 Å². The zero-order valence-electron chi connectivity index (χ0n) is 15.9. The van der Waals surface area contributed by atoms with Crippen LogP contribution in [0.3, 0.4) is 0 Å². The SMILES string of the molecule is CN(C)/C=N/Sc1cc(NC(=O)Cc2cc(F)c(F)cc2Cl)cc2c(Cl)nccc12. The van der Waals surface area contributed by atoms with Crippen LogP contribution in [0.15, 0.2) is 45.8 Å². The fourth-order valence-electron chi connectivity index (χ4n) is 2.62. The topological polar surface area (TPSA) is 57.6 Å². The molecule has 0 saturated carbocycles. The van der Waals surface area contributed by atoms with Crippen LogP contribution in [0.25, 0.3) is 10.8 Å². The fraction of sp³-hybridized carbons (Fsp3) is 0.150. The minimum atomic E-state index is -1.07. The van der Waals surface area contributed by atoms with Crippen LogP contribution in [0.2, 0.25) is 10.2 Å². The molecule has 0 bridgehead atoms. The average molecular weight is 469 g/mol. The van der Waals surface area contributed by atoms with E-state index < -0.39 is 17.5 Å². The second-order valence-electron chi connectivity index (χ2n) is 6.53. The molecule has 2 aromatic carbocycles. The summed E-state index contributed by atoms with van der Waals surface area (Å²) in [4.78, 5) is 19.1. The van der Waals surface area contributed by atoms with Gasteiger partial charge in [-0.2, -0.15) is 0 Å². The van der Waals surface area contributed by atoms with Gasteiger partial charge >= 0.3 is 0 Å². The second kappa shape index (κ2) is 9.59. The molecule has 0 atom stereocenters. The Balaban J connectivity index is 1.89. The van der Waals surface area contributed by atoms with Gasteiger partial charge in [-0.05, 0) is 35.9 Å². The van der Waals surface area contributed by atoms with E-state index >= 15 is 0 Å². The number of hydrogen-bond acceptors (Lipinski definition) is 4. The molecule has 0 radical (unpaired) electrons. The molecule has 156 valence electrons. The average Bonchev–Trinajstić information content (AvgIpc) is 2.66. The number of fused-ring (bicyclic) bond motifs is 1. The first kappa shape index (κ1) is 22.3. The summed E-state index contributed by atoms with van der Waals surface area (Å²) in [5.74, 6) is -2.58. The van der Waals surface area contributed by atoms with Crippen LogP contribution < -0.4 is 5.32 Å². The van der Waals surface area contributed by atoms with Gasteiger partial charge in [0.25, 0.3) is 0 Å². The first-order valence-electron chi connectivity index (χ1n) is 8.63. The van der Waals surface area contributed by atoms with Crippen molar-refractivity contribution < 1.29 is 13.6 Å². The molecule has 10 heteroatoms. The number of anilines is 1. The molecule has 0 aliphatic carbocycles. The zero-order chi connectivity index (χ0) is 21.8. The van der Waals surface area contributed by atoms with Gasteiger partial charge < -0.3 is 10.2 Å². The molecule has 1 amide bonds. The van der Waals surface area contributed by atoms with Gasteiger partial charge in [-0.3, -0.25) is 4.79 Å². The van der Waals surface area contributed by atoms with Crippen LogP contribution in [-0.2, 0) is 11.2 Å². The Hall–Kier alpha value is -2.42. The number of hydrogen-bond donors (Lipinski definition) is 1. The van der Waals surface area contributed by atoms with Crippen molar-refractivity contribution in [2.45, 2.75) is 11.3 Å². The largest absolute Gasteiger partial charge is 0.368 e. The monoisotopic (exact) mass is 468 g/mol. The number of pyridine rings is 1. The highest BCUT2D eigenvalue weighted by Crippen LogP contribution is 2.34. The number of rotatable bonds is 6. The number of halogens is 4. The number of nitrogens with zero attached hydrogens (tertiary/aromatic N) is 3. The predicted octanol–water partition coefficient (Wildman–Crippen LogP) is 5.60. The highest BCUT2D eigenvalue weighted by Gasteiger charge is 2.14. The van der Waals surface area contributed by atoms with Gasteiger partial charge in [0, 0.05) is 58.6 Å². The third-order valence-corrected chi connectivity index (χ3v) is 5.33. The molecule has 3 aromatic rings. The van der Waals surface area contributed by atoms with E-state index in [1.165, 1.54) is 11.9 Å². The number of carbonyl (C=O) groups excluding carboxylic acids is 1. The van der Waals surface area contributed by atoms with Gasteiger partial charge in [-0.25, -0.2) is 18.2 Å². The number of aromatic nitrogens is 1. The minimum absolute atomic E-state index is 0.0240. The molecule has 0 aliphatic heterocycles. The van der Waals surface area contributed by atoms with E-state index in [-0.39, 0.29) is 22.2 Å². The van der Waals surface area contributed by atoms with Crippen LogP contribution in [0.1, 0.15) is 5.56 Å². The van der Waals surface area contributed by atoms with Crippen molar-refractivity contribution in [3.05, 3.63) is 63.9 Å². The molecule has 0 fully saturated rings. The molecule has 30 heavy (non-hydrogen) atoms. The van der Waals surface area contributed by atoms with Crippen molar-refractivity contribution in [1.82, 2.24) is 9.88 Å². The van der Waals surface area contributed by atoms with E-state index in [0.717, 1.165) is 22.4 Å². The van der Waals surface area contributed by atoms with Crippen LogP contribution in [-0.4, -0.2) is 36.2 Å². The third kappa shape index (κ3) is 5.38. The van der Waals surface area contributed by atoms with Crippen molar-refractivity contribution in [1.29, 1.82) is 0 Å². The molecule has 0 aliphatic rings. The Labute approximate surface area is 186 Å². The lowest BCUT2D eigenvalue weighted by Gasteiger charge is -2.11. The zero-order valence-corrected chi connectivity index (χ0v) is 18.2. The third-order valence-electron chi connectivity index (χ3n) is 3.95. The van der Waals surface area contributed by atoms with Crippen LogP contribution in [0, 0.1) is 11.6 Å². The van der Waals surface area contributed by atoms with Gasteiger partial charge in [0.1, 0.15) is 5.15 Å². The van der Waals surface area contributed by atoms with E-state index in [1.54, 1.807) is 35.6 Å². The lowest BCUT2D eigenvalue weighted by atomic mass is 10.1. The van der Waals surface area contributed by atoms with E-state index in [2.05, 4.69) is 14.7 Å². The van der Waals surface area contributed by atoms with Crippen molar-refractivity contribution in [2.75, 3.05) is 19.4 Å². The quantitative estimate of drug-likeness (QED) is 0.168. The first-order chi connectivity index (χ1) is 14.2. The van der Waals surface area contributed by atoms with E-state index in [4.69, 9.17) is 23.2 Å². The maximum absolute atomic E-state index is 13.5. The summed E-state index contributed by atoms with van der Waals surface area (Å²) >= 11 is 13.4. The molecule has 5 nitrogen and oxygen atoms in total. The molecular weight excluding hydrogens is 453 g/mol. The van der Waals surface area contributed by atoms with E-state index in [1.807, 2.05) is 14.1 Å². The first-order valence-corrected chi connectivity index (χ1v) is 10.2. The number of nitrogens with one attached hydrogen (secondary N) is 1. The van der Waals surface area contributed by atoms with Gasteiger partial charge in [0.05, 0.1) is 12.8 Å². The number of carbonyl (C=O) groups is 1. The van der Waals surface area contributed by atoms with Gasteiger partial charge in [0.2, 0.25) is 5.91 Å². The number of amides is 1. The molecule has 0 spiro atoms. The van der Waals surface area contributed by atoms with Crippen LogP contribution in [0.5, 0.6) is 0 Å². The predicted molar refractivity (Wildman–Crippen MR) is 118 cm³/mol. The van der Waals surface area contributed by atoms with Crippen LogP contribution >= 0.6 is 35.1 Å². The lowest BCUT2D eigenvalue weighted by molar-refractivity contribution is -0.115. The second-order valence-corrected chi connectivity index (χ2v) is 8.13. The minimum Gasteiger partial charge on any atom is -0.368 e. The molecule has 0 saturated heterocycles. The van der Waals surface area contributed by atoms with Gasteiger partial charge in [0.15, 0.2) is 11.6 Å². The van der Waals surface area contributed by atoms with Gasteiger partial charge in [-0.1, -0.05) is 23.2 Å². The highest BCUT2D eigenvalue weighted by molar-refractivity contribution is 7.98. The molecule has 1 N–H and O–H groups in total. The molecule has 1 heterocycles. The fourth-order valence-corrected chi connectivity index (χ4v) is 3.85. The molecule has 1 aromatic heterocycles. The molecular formula is C20H16Cl2F2N4OS. The van der Waals surface area contributed by atoms with Crippen LogP contribution in [0.4, 0.5) is 14.5 Å². The summed E-state index contributed by atoms with van der Waals surface area (Å²) in [7, 11) is 3.70. The maximum Gasteiger partial charge on any atom is 0.228 e. The lowest BCUT2D eigenvalue weighted by Crippen LogP contribution is -2.15. The Kier molecular flexibility index (Phi) is 7.12. The van der Waals surface area contributed by atoms with E-state index in [0.29, 0.717) is 11.1 Å². The summed E-state index contributed by atoms with van der Waals surface area (Å²) in [6.07, 6.45) is 3.01. The Morgan fingerprint density at radius 2 is 1.93 bits per heavy atom. The van der Waals surface area contributed by atoms with E-state index in [9.17, 15) is 13.6 Å². The Morgan fingerprint density at radius 3 is 2.67 bits per heavy atom. The summed E-state index contributed by atoms with van der Waals surface area (Å²) in [6.45, 7) is 0. The van der Waals surface area contributed by atoms with Crippen molar-refractivity contribution in [3.63, 3.8) is 0 Å². The Bertz CT molecular complexity index is 1140. The van der Waals surface area contributed by atoms with Gasteiger partial charge in [-0.15, -0.1) is 0 Å². The molecule has 3 rings (SSSR count). The summed E-state index contributed by atoms with van der Waals surface area (Å²) < 4.78 is 31.0. The normalized spacial score (nSPS) is 11.3. The summed E-state index contributed by atoms with van der Waals surface area (Å²) in [5.41, 5.74) is 0.641. The standard InChI is InChI=1S/C20H16Cl2F2N4OS/c1-28(2)10-26-30-18-8-12(7-14-13(18)3-4-25-20(14)22)27-19(29)6-11-5-16(23)17(24)9-15(11)21/h3-5,7-10H,6H2,1-2H3,(H,27,29)/b26-10+. The number of benzene rings is 2.